The molecule has 0 amide bonds. The van der Waals surface area contributed by atoms with E-state index in [-0.39, 0.29) is 0 Å². The summed E-state index contributed by atoms with van der Waals surface area (Å²) in [5.41, 5.74) is 0. The fourth-order valence-electron chi connectivity index (χ4n) is 0.104. The zero-order valence-corrected chi connectivity index (χ0v) is 4.69. The Bertz CT molecular complexity index is 87.7. The first kappa shape index (κ1) is 6.43. The van der Waals surface area contributed by atoms with E-state index in [0.29, 0.717) is 0 Å². The van der Waals surface area contributed by atoms with Crippen LogP contribution >= 0.6 is 12.1 Å². The summed E-state index contributed by atoms with van der Waals surface area (Å²) in [6.07, 6.45) is 3.14. The van der Waals surface area contributed by atoms with Crippen molar-refractivity contribution >= 4 is 25.1 Å². The van der Waals surface area contributed by atoms with E-state index in [1.165, 1.54) is 0 Å². The molecule has 0 spiro atoms. The van der Waals surface area contributed by atoms with Crippen LogP contribution in [-0.2, 0) is 0 Å². The maximum atomic E-state index is 3.65. The summed E-state index contributed by atoms with van der Waals surface area (Å²) >= 11 is 1.04. The number of allylic oxidation sites excluding steroid dienone is 1. The van der Waals surface area contributed by atoms with Crippen LogP contribution < -0.4 is 0 Å². The minimum Gasteiger partial charge on any atom is -0.210 e. The van der Waals surface area contributed by atoms with E-state index in [1.54, 1.807) is 12.3 Å². The fraction of sp³-hybridized carbons (Fsp3) is 0. The Hall–Kier alpha value is -0.570. The van der Waals surface area contributed by atoms with Crippen LogP contribution in [0.25, 0.3) is 0 Å². The smallest absolute Gasteiger partial charge is 0.114 e. The van der Waals surface area contributed by atoms with Gasteiger partial charge in [0.1, 0.15) is 12.1 Å². The van der Waals surface area contributed by atoms with E-state index in [9.17, 15) is 0 Å². The van der Waals surface area contributed by atoms with Crippen molar-refractivity contribution in [3.05, 3.63) is 12.7 Å². The number of nitrogens with zero attached hydrogens (tertiary/aromatic N) is 2. The van der Waals surface area contributed by atoms with Crippen molar-refractivity contribution in [3.8, 4) is 0 Å². The molecular weight excluding hydrogens is 108 g/mol. The van der Waals surface area contributed by atoms with Gasteiger partial charge < -0.3 is 0 Å². The van der Waals surface area contributed by atoms with Gasteiger partial charge in [-0.25, -0.2) is 8.80 Å². The van der Waals surface area contributed by atoms with Crippen LogP contribution in [-0.4, -0.2) is 12.9 Å². The summed E-state index contributed by atoms with van der Waals surface area (Å²) in [4.78, 5) is 0. The van der Waals surface area contributed by atoms with Gasteiger partial charge in [-0.2, -0.15) is 0 Å². The second-order valence-corrected chi connectivity index (χ2v) is 1.33. The third kappa shape index (κ3) is 5.43. The van der Waals surface area contributed by atoms with Crippen molar-refractivity contribution in [1.29, 1.82) is 0 Å². The van der Waals surface area contributed by atoms with Crippen LogP contribution in [0, 0.1) is 0 Å². The molecule has 0 unspecified atom stereocenters. The highest BCUT2D eigenvalue weighted by atomic mass is 32.2. The zero-order valence-electron chi connectivity index (χ0n) is 3.87. The molecule has 0 aliphatic heterocycles. The fourth-order valence-corrected chi connectivity index (χ4v) is 0.311. The van der Waals surface area contributed by atoms with Crippen LogP contribution in [0.5, 0.6) is 0 Å². The monoisotopic (exact) mass is 114 g/mol. The molecule has 0 aliphatic carbocycles. The van der Waals surface area contributed by atoms with Crippen LogP contribution in [0.3, 0.4) is 0 Å². The maximum absolute atomic E-state index is 3.65. The summed E-state index contributed by atoms with van der Waals surface area (Å²) in [5, 5.41) is 0. The molecule has 0 N–H and O–H groups in total. The van der Waals surface area contributed by atoms with Gasteiger partial charge in [-0.15, -0.1) is 0 Å². The van der Waals surface area contributed by atoms with Gasteiger partial charge >= 0.3 is 0 Å². The Labute approximate surface area is 47.3 Å². The van der Waals surface area contributed by atoms with E-state index in [0.717, 1.165) is 12.1 Å². The summed E-state index contributed by atoms with van der Waals surface area (Å²) in [7, 11) is 0. The van der Waals surface area contributed by atoms with E-state index in [1.807, 2.05) is 0 Å². The highest BCUT2D eigenvalue weighted by Gasteiger charge is 1.61. The predicted molar refractivity (Wildman–Crippen MR) is 35.8 cm³/mol. The quantitative estimate of drug-likeness (QED) is 0.403. The molecule has 0 radical (unpaired) electrons. The van der Waals surface area contributed by atoms with Crippen molar-refractivity contribution in [1.82, 2.24) is 0 Å². The average molecular weight is 114 g/mol. The topological polar surface area (TPSA) is 24.7 Å². The van der Waals surface area contributed by atoms with Gasteiger partial charge in [-0.3, -0.25) is 0 Å². The zero-order chi connectivity index (χ0) is 5.54. The van der Waals surface area contributed by atoms with Gasteiger partial charge in [-0.05, 0) is 0 Å². The van der Waals surface area contributed by atoms with E-state index < -0.39 is 0 Å². The van der Waals surface area contributed by atoms with Crippen LogP contribution in [0.15, 0.2) is 21.5 Å². The molecule has 0 aromatic heterocycles. The lowest BCUT2D eigenvalue weighted by Crippen LogP contribution is -1.52. The van der Waals surface area contributed by atoms with Gasteiger partial charge in [-0.1, -0.05) is 12.7 Å². The van der Waals surface area contributed by atoms with Gasteiger partial charge in [0.2, 0.25) is 0 Å². The summed E-state index contributed by atoms with van der Waals surface area (Å²) in [6, 6.07) is 0. The second-order valence-electron chi connectivity index (χ2n) is 0.701. The molecule has 3 heteroatoms. The van der Waals surface area contributed by atoms with Crippen molar-refractivity contribution in [2.45, 2.75) is 0 Å². The summed E-state index contributed by atoms with van der Waals surface area (Å²) in [6.45, 7) is 6.61. The molecule has 0 aromatic rings. The van der Waals surface area contributed by atoms with E-state index in [2.05, 4.69) is 22.1 Å². The maximum Gasteiger partial charge on any atom is 0.114 e. The molecule has 0 aliphatic rings. The van der Waals surface area contributed by atoms with E-state index >= 15 is 0 Å². The Morgan fingerprint density at radius 3 is 2.71 bits per heavy atom. The second kappa shape index (κ2) is 5.43. The van der Waals surface area contributed by atoms with Crippen molar-refractivity contribution in [2.24, 2.45) is 8.80 Å². The van der Waals surface area contributed by atoms with Crippen molar-refractivity contribution < 1.29 is 0 Å². The standard InChI is InChI=1S/C4H6N2S/c1-3-4-6-7-5-2/h3-4H,1-2H2. The number of hydrogen-bond acceptors (Lipinski definition) is 3. The Morgan fingerprint density at radius 2 is 2.29 bits per heavy atom. The third-order valence-corrected chi connectivity index (χ3v) is 0.603. The number of rotatable bonds is 3. The van der Waals surface area contributed by atoms with E-state index in [4.69, 9.17) is 0 Å². The average Bonchev–Trinajstić information content (AvgIpc) is 1.69. The molecule has 0 aromatic carbocycles. The first-order chi connectivity index (χ1) is 3.41. The molecule has 0 heterocycles. The molecule has 0 saturated heterocycles. The molecule has 0 atom stereocenters. The minimum atomic E-state index is 1.04. The lowest BCUT2D eigenvalue weighted by atomic mass is 10.7. The lowest BCUT2D eigenvalue weighted by molar-refractivity contribution is 1.89. The summed E-state index contributed by atoms with van der Waals surface area (Å²) < 4.78 is 7.05. The van der Waals surface area contributed by atoms with Gasteiger partial charge in [0.15, 0.2) is 0 Å². The first-order valence-corrected chi connectivity index (χ1v) is 2.41. The molecule has 2 nitrogen and oxygen atoms in total. The minimum absolute atomic E-state index is 1.04. The highest BCUT2D eigenvalue weighted by Crippen LogP contribution is 1.97. The molecule has 0 bridgehead atoms. The third-order valence-electron chi connectivity index (χ3n) is 0.271. The molecule has 7 heavy (non-hydrogen) atoms. The Balaban J connectivity index is 3.08. The van der Waals surface area contributed by atoms with Crippen LogP contribution in [0.1, 0.15) is 0 Å². The van der Waals surface area contributed by atoms with Gasteiger partial charge in [0.25, 0.3) is 0 Å². The number of hydrogen-bond donors (Lipinski definition) is 0. The van der Waals surface area contributed by atoms with Gasteiger partial charge in [0.05, 0.1) is 0 Å². The molecular formula is C4H6N2S. The van der Waals surface area contributed by atoms with Crippen LogP contribution in [0.4, 0.5) is 0 Å². The molecule has 0 saturated carbocycles. The molecule has 38 valence electrons. The predicted octanol–water partition coefficient (Wildman–Crippen LogP) is 1.51. The lowest BCUT2D eigenvalue weighted by Gasteiger charge is -1.71. The summed E-state index contributed by atoms with van der Waals surface area (Å²) in [5.74, 6) is 0. The normalized spacial score (nSPS) is 9.14. The first-order valence-electron chi connectivity index (χ1n) is 1.68. The van der Waals surface area contributed by atoms with Crippen molar-refractivity contribution in [3.63, 3.8) is 0 Å². The largest absolute Gasteiger partial charge is 0.210 e. The highest BCUT2D eigenvalue weighted by molar-refractivity contribution is 7.96. The van der Waals surface area contributed by atoms with Gasteiger partial charge in [0, 0.05) is 12.9 Å². The Kier molecular flexibility index (Phi) is 4.99. The van der Waals surface area contributed by atoms with Crippen LogP contribution in [0.2, 0.25) is 0 Å². The Morgan fingerprint density at radius 1 is 1.57 bits per heavy atom. The molecule has 0 fully saturated rings. The SMILES string of the molecule is C=CC=NSN=C. The van der Waals surface area contributed by atoms with Crippen molar-refractivity contribution in [2.75, 3.05) is 0 Å². The molecule has 0 rings (SSSR count).